The lowest BCUT2D eigenvalue weighted by Gasteiger charge is -2.39. The van der Waals surface area contributed by atoms with Crippen LogP contribution in [-0.2, 0) is 20.2 Å². The van der Waals surface area contributed by atoms with E-state index in [0.717, 1.165) is 25.3 Å². The predicted octanol–water partition coefficient (Wildman–Crippen LogP) is 3.46. The molecular formula is C19H25F2NO3S. The van der Waals surface area contributed by atoms with Crippen molar-refractivity contribution in [2.24, 2.45) is 5.92 Å². The molecule has 4 nitrogen and oxygen atoms in total. The number of nitrogens with one attached hydrogen (secondary N) is 1. The van der Waals surface area contributed by atoms with E-state index in [9.17, 15) is 22.0 Å². The third-order valence-electron chi connectivity index (χ3n) is 5.56. The largest absolute Gasteiger partial charge is 0.346 e. The van der Waals surface area contributed by atoms with Crippen LogP contribution in [0.1, 0.15) is 56.9 Å². The van der Waals surface area contributed by atoms with Crippen LogP contribution in [0.3, 0.4) is 0 Å². The molecule has 0 radical (unpaired) electrons. The van der Waals surface area contributed by atoms with Crippen LogP contribution in [0.15, 0.2) is 18.2 Å². The Morgan fingerprint density at radius 2 is 1.88 bits per heavy atom. The molecule has 2 fully saturated rings. The fraction of sp³-hybridized carbons (Fsp3) is 0.632. The SMILES string of the molecule is O=C(C[C@@H]1CCCS(=O)(=O)C1)NC1(c2ccc(F)cc2F)CCCCC1. The molecule has 1 aromatic rings. The van der Waals surface area contributed by atoms with Gasteiger partial charge in [-0.3, -0.25) is 4.79 Å². The Bertz CT molecular complexity index is 773. The number of rotatable bonds is 4. The molecule has 1 saturated heterocycles. The molecule has 26 heavy (non-hydrogen) atoms. The van der Waals surface area contributed by atoms with Gasteiger partial charge in [0.05, 0.1) is 17.0 Å². The van der Waals surface area contributed by atoms with Gasteiger partial charge < -0.3 is 5.32 Å². The van der Waals surface area contributed by atoms with Gasteiger partial charge in [-0.05, 0) is 37.7 Å². The zero-order valence-electron chi connectivity index (χ0n) is 14.8. The van der Waals surface area contributed by atoms with E-state index >= 15 is 0 Å². The van der Waals surface area contributed by atoms with Gasteiger partial charge in [0, 0.05) is 18.1 Å². The first kappa shape index (κ1) is 19.3. The maximum atomic E-state index is 14.4. The van der Waals surface area contributed by atoms with E-state index < -0.39 is 27.0 Å². The molecule has 1 aliphatic heterocycles. The van der Waals surface area contributed by atoms with Crippen molar-refractivity contribution >= 4 is 15.7 Å². The molecule has 1 atom stereocenters. The first-order chi connectivity index (χ1) is 12.3. The molecule has 0 bridgehead atoms. The topological polar surface area (TPSA) is 63.2 Å². The summed E-state index contributed by atoms with van der Waals surface area (Å²) < 4.78 is 51.3. The van der Waals surface area contributed by atoms with E-state index in [0.29, 0.717) is 31.2 Å². The molecule has 1 heterocycles. The minimum absolute atomic E-state index is 0.0400. The number of carbonyl (C=O) groups excluding carboxylic acids is 1. The minimum atomic E-state index is -3.07. The van der Waals surface area contributed by atoms with Crippen LogP contribution in [0.2, 0.25) is 0 Å². The molecule has 1 aromatic carbocycles. The van der Waals surface area contributed by atoms with Crippen molar-refractivity contribution < 1.29 is 22.0 Å². The number of halogens is 2. The van der Waals surface area contributed by atoms with Crippen LogP contribution in [0.25, 0.3) is 0 Å². The highest BCUT2D eigenvalue weighted by atomic mass is 32.2. The highest BCUT2D eigenvalue weighted by Gasteiger charge is 2.38. The van der Waals surface area contributed by atoms with Gasteiger partial charge in [-0.1, -0.05) is 25.3 Å². The Labute approximate surface area is 153 Å². The Morgan fingerprint density at radius 1 is 1.15 bits per heavy atom. The molecular weight excluding hydrogens is 360 g/mol. The fourth-order valence-corrected chi connectivity index (χ4v) is 6.13. The van der Waals surface area contributed by atoms with Crippen LogP contribution >= 0.6 is 0 Å². The molecule has 1 saturated carbocycles. The molecule has 1 N–H and O–H groups in total. The lowest BCUT2D eigenvalue weighted by Crippen LogP contribution is -2.48. The van der Waals surface area contributed by atoms with E-state index in [2.05, 4.69) is 5.32 Å². The lowest BCUT2D eigenvalue weighted by molar-refractivity contribution is -0.124. The molecule has 1 amide bonds. The summed E-state index contributed by atoms with van der Waals surface area (Å²) in [6.07, 6.45) is 5.35. The highest BCUT2D eigenvalue weighted by molar-refractivity contribution is 7.91. The number of benzene rings is 1. The number of hydrogen-bond acceptors (Lipinski definition) is 3. The van der Waals surface area contributed by atoms with Crippen LogP contribution in [0, 0.1) is 17.6 Å². The Balaban J connectivity index is 1.77. The van der Waals surface area contributed by atoms with Gasteiger partial charge in [-0.2, -0.15) is 0 Å². The Kier molecular flexibility index (Phi) is 5.65. The molecule has 0 aromatic heterocycles. The van der Waals surface area contributed by atoms with E-state index in [-0.39, 0.29) is 29.8 Å². The standard InChI is InChI=1S/C19H25F2NO3S/c20-15-6-7-16(17(21)12-15)19(8-2-1-3-9-19)22-18(23)11-14-5-4-10-26(24,25)13-14/h6-7,12,14H,1-5,8-11,13H2,(H,22,23)/t14-/m0/s1. The van der Waals surface area contributed by atoms with Gasteiger partial charge in [0.25, 0.3) is 0 Å². The second-order valence-electron chi connectivity index (χ2n) is 7.64. The predicted molar refractivity (Wildman–Crippen MR) is 95.3 cm³/mol. The average Bonchev–Trinajstić information content (AvgIpc) is 2.54. The molecule has 0 spiro atoms. The van der Waals surface area contributed by atoms with Crippen LogP contribution in [0.4, 0.5) is 8.78 Å². The average molecular weight is 385 g/mol. The molecule has 2 aliphatic rings. The van der Waals surface area contributed by atoms with Crippen molar-refractivity contribution in [1.82, 2.24) is 5.32 Å². The number of hydrogen-bond donors (Lipinski definition) is 1. The smallest absolute Gasteiger partial charge is 0.221 e. The van der Waals surface area contributed by atoms with Crippen molar-refractivity contribution in [3.05, 3.63) is 35.4 Å². The maximum Gasteiger partial charge on any atom is 0.221 e. The molecule has 0 unspecified atom stereocenters. The second kappa shape index (κ2) is 7.62. The van der Waals surface area contributed by atoms with E-state index in [1.807, 2.05) is 0 Å². The van der Waals surface area contributed by atoms with Crippen molar-refractivity contribution in [2.75, 3.05) is 11.5 Å². The Hall–Kier alpha value is -1.50. The van der Waals surface area contributed by atoms with Crippen molar-refractivity contribution in [1.29, 1.82) is 0 Å². The number of amides is 1. The summed E-state index contributed by atoms with van der Waals surface area (Å²) in [6.45, 7) is 0. The summed E-state index contributed by atoms with van der Waals surface area (Å²) in [6, 6.07) is 3.49. The zero-order chi connectivity index (χ0) is 18.8. The minimum Gasteiger partial charge on any atom is -0.346 e. The summed E-state index contributed by atoms with van der Waals surface area (Å²) in [4.78, 5) is 12.6. The summed E-state index contributed by atoms with van der Waals surface area (Å²) in [5.41, 5.74) is -0.510. The quantitative estimate of drug-likeness (QED) is 0.863. The van der Waals surface area contributed by atoms with Crippen LogP contribution in [-0.4, -0.2) is 25.8 Å². The van der Waals surface area contributed by atoms with Gasteiger partial charge in [0.2, 0.25) is 5.91 Å². The summed E-state index contributed by atoms with van der Waals surface area (Å²) in [7, 11) is -3.07. The highest BCUT2D eigenvalue weighted by Crippen LogP contribution is 2.39. The summed E-state index contributed by atoms with van der Waals surface area (Å²) >= 11 is 0. The number of carbonyl (C=O) groups is 1. The molecule has 144 valence electrons. The summed E-state index contributed by atoms with van der Waals surface area (Å²) in [5.74, 6) is -1.50. The fourth-order valence-electron chi connectivity index (χ4n) is 4.35. The monoisotopic (exact) mass is 385 g/mol. The van der Waals surface area contributed by atoms with Gasteiger partial charge in [-0.25, -0.2) is 17.2 Å². The van der Waals surface area contributed by atoms with Crippen molar-refractivity contribution in [3.8, 4) is 0 Å². The second-order valence-corrected chi connectivity index (χ2v) is 9.87. The van der Waals surface area contributed by atoms with E-state index in [1.165, 1.54) is 12.1 Å². The van der Waals surface area contributed by atoms with Gasteiger partial charge >= 0.3 is 0 Å². The maximum absolute atomic E-state index is 14.4. The Morgan fingerprint density at radius 3 is 2.54 bits per heavy atom. The lowest BCUT2D eigenvalue weighted by atomic mass is 9.76. The van der Waals surface area contributed by atoms with Crippen molar-refractivity contribution in [2.45, 2.75) is 56.9 Å². The summed E-state index contributed by atoms with van der Waals surface area (Å²) in [5, 5.41) is 2.99. The first-order valence-electron chi connectivity index (χ1n) is 9.27. The van der Waals surface area contributed by atoms with Gasteiger partial charge in [0.15, 0.2) is 9.84 Å². The molecule has 3 rings (SSSR count). The van der Waals surface area contributed by atoms with E-state index in [4.69, 9.17) is 0 Å². The van der Waals surface area contributed by atoms with E-state index in [1.54, 1.807) is 0 Å². The molecule has 1 aliphatic carbocycles. The van der Waals surface area contributed by atoms with Crippen LogP contribution < -0.4 is 5.32 Å². The third-order valence-corrected chi connectivity index (χ3v) is 7.45. The van der Waals surface area contributed by atoms with Gasteiger partial charge in [-0.15, -0.1) is 0 Å². The van der Waals surface area contributed by atoms with Gasteiger partial charge in [0.1, 0.15) is 11.6 Å². The van der Waals surface area contributed by atoms with Crippen LogP contribution in [0.5, 0.6) is 0 Å². The molecule has 7 heteroatoms. The normalized spacial score (nSPS) is 24.8. The number of sulfone groups is 1. The van der Waals surface area contributed by atoms with Crippen molar-refractivity contribution in [3.63, 3.8) is 0 Å². The zero-order valence-corrected chi connectivity index (χ0v) is 15.6. The first-order valence-corrected chi connectivity index (χ1v) is 11.1. The third kappa shape index (κ3) is 4.42.